The molecule has 4 heteroatoms. The summed E-state index contributed by atoms with van der Waals surface area (Å²) in [7, 11) is 3.41. The lowest BCUT2D eigenvalue weighted by Gasteiger charge is -2.21. The van der Waals surface area contributed by atoms with Crippen LogP contribution in [0.5, 0.6) is 5.75 Å². The van der Waals surface area contributed by atoms with Crippen molar-refractivity contribution in [2.45, 2.75) is 13.5 Å². The Morgan fingerprint density at radius 2 is 2.10 bits per heavy atom. The van der Waals surface area contributed by atoms with Gasteiger partial charge in [-0.2, -0.15) is 0 Å². The van der Waals surface area contributed by atoms with Gasteiger partial charge in [-0.1, -0.05) is 18.8 Å². The van der Waals surface area contributed by atoms with Crippen LogP contribution in [0.3, 0.4) is 0 Å². The van der Waals surface area contributed by atoms with Crippen LogP contribution in [0, 0.1) is 11.8 Å². The van der Waals surface area contributed by atoms with Gasteiger partial charge in [0.25, 0.3) is 0 Å². The number of benzene rings is 1. The minimum Gasteiger partial charge on any atom is -0.496 e. The summed E-state index contributed by atoms with van der Waals surface area (Å²) in [6.45, 7) is 5.92. The fraction of sp³-hybridized carbons (Fsp3) is 0.500. The number of rotatable bonds is 7. The molecule has 0 fully saturated rings. The Bertz CT molecular complexity index is 463. The molecule has 20 heavy (non-hydrogen) atoms. The summed E-state index contributed by atoms with van der Waals surface area (Å²) in [4.78, 5) is 2.31. The second-order valence-corrected chi connectivity index (χ2v) is 4.39. The van der Waals surface area contributed by atoms with Crippen LogP contribution in [0.1, 0.15) is 18.1 Å². The zero-order valence-corrected chi connectivity index (χ0v) is 12.6. The molecule has 0 saturated carbocycles. The number of nitrogens with two attached hydrogens (primary N) is 1. The topological polar surface area (TPSA) is 47.7 Å². The van der Waals surface area contributed by atoms with E-state index >= 15 is 0 Å². The normalized spacial score (nSPS) is 10.2. The maximum Gasteiger partial charge on any atom is 0.123 e. The zero-order valence-electron chi connectivity index (χ0n) is 12.6. The Balaban J connectivity index is 2.89. The molecule has 0 aliphatic heterocycles. The van der Waals surface area contributed by atoms with Gasteiger partial charge < -0.3 is 15.2 Å². The quantitative estimate of drug-likeness (QED) is 0.766. The van der Waals surface area contributed by atoms with Gasteiger partial charge in [0.05, 0.1) is 20.3 Å². The minimum atomic E-state index is 0.371. The SMILES string of the molecule is CCN(CCOC)Cc1cc(C#CCN)ccc1OC. The first-order chi connectivity index (χ1) is 9.74. The monoisotopic (exact) mass is 276 g/mol. The Kier molecular flexibility index (Phi) is 7.74. The molecule has 0 radical (unpaired) electrons. The molecule has 110 valence electrons. The van der Waals surface area contributed by atoms with Crippen LogP contribution in [-0.2, 0) is 11.3 Å². The fourth-order valence-corrected chi connectivity index (χ4v) is 1.94. The standard InChI is InChI=1S/C16H24N2O2/c1-4-18(10-11-19-2)13-15-12-14(6-5-9-17)7-8-16(15)20-3/h7-8,12H,4,9-11,13,17H2,1-3H3. The van der Waals surface area contributed by atoms with E-state index in [0.717, 1.165) is 43.1 Å². The van der Waals surface area contributed by atoms with Crippen LogP contribution < -0.4 is 10.5 Å². The highest BCUT2D eigenvalue weighted by Crippen LogP contribution is 2.21. The summed E-state index contributed by atoms with van der Waals surface area (Å²) >= 11 is 0. The highest BCUT2D eigenvalue weighted by molar-refractivity contribution is 5.44. The highest BCUT2D eigenvalue weighted by Gasteiger charge is 2.09. The summed E-state index contributed by atoms with van der Waals surface area (Å²) in [5.74, 6) is 6.82. The first-order valence-corrected chi connectivity index (χ1v) is 6.82. The summed E-state index contributed by atoms with van der Waals surface area (Å²) in [5.41, 5.74) is 7.51. The van der Waals surface area contributed by atoms with E-state index in [4.69, 9.17) is 15.2 Å². The predicted octanol–water partition coefficient (Wildman–Crippen LogP) is 1.47. The van der Waals surface area contributed by atoms with Gasteiger partial charge in [0.15, 0.2) is 0 Å². The van der Waals surface area contributed by atoms with Gasteiger partial charge >= 0.3 is 0 Å². The van der Waals surface area contributed by atoms with Crippen molar-refractivity contribution in [1.29, 1.82) is 0 Å². The maximum absolute atomic E-state index is 5.42. The van der Waals surface area contributed by atoms with Gasteiger partial charge in [-0.05, 0) is 24.7 Å². The highest BCUT2D eigenvalue weighted by atomic mass is 16.5. The van der Waals surface area contributed by atoms with Crippen molar-refractivity contribution in [3.05, 3.63) is 29.3 Å². The molecule has 0 unspecified atom stereocenters. The van der Waals surface area contributed by atoms with Gasteiger partial charge in [-0.3, -0.25) is 4.90 Å². The van der Waals surface area contributed by atoms with Gasteiger partial charge in [-0.15, -0.1) is 0 Å². The second kappa shape index (κ2) is 9.38. The van der Waals surface area contributed by atoms with Gasteiger partial charge in [-0.25, -0.2) is 0 Å². The van der Waals surface area contributed by atoms with Crippen LogP contribution in [0.2, 0.25) is 0 Å². The third kappa shape index (κ3) is 5.22. The smallest absolute Gasteiger partial charge is 0.123 e. The average molecular weight is 276 g/mol. The molecule has 0 spiro atoms. The molecular weight excluding hydrogens is 252 g/mol. The Morgan fingerprint density at radius 1 is 1.30 bits per heavy atom. The first-order valence-electron chi connectivity index (χ1n) is 6.82. The van der Waals surface area contributed by atoms with E-state index in [1.807, 2.05) is 12.1 Å². The molecule has 2 N–H and O–H groups in total. The van der Waals surface area contributed by atoms with Crippen molar-refractivity contribution < 1.29 is 9.47 Å². The van der Waals surface area contributed by atoms with Crippen molar-refractivity contribution in [1.82, 2.24) is 4.90 Å². The Morgan fingerprint density at radius 3 is 2.70 bits per heavy atom. The summed E-state index contributed by atoms with van der Waals surface area (Å²) in [6, 6.07) is 5.98. The molecule has 1 aromatic carbocycles. The van der Waals surface area contributed by atoms with Crippen molar-refractivity contribution in [3.8, 4) is 17.6 Å². The maximum atomic E-state index is 5.42. The van der Waals surface area contributed by atoms with Crippen LogP contribution in [-0.4, -0.2) is 45.4 Å². The number of nitrogens with zero attached hydrogens (tertiary/aromatic N) is 1. The Hall–Kier alpha value is -1.54. The molecule has 1 aromatic rings. The van der Waals surface area contributed by atoms with Gasteiger partial charge in [0.1, 0.15) is 5.75 Å². The lowest BCUT2D eigenvalue weighted by atomic mass is 10.1. The largest absolute Gasteiger partial charge is 0.496 e. The first kappa shape index (κ1) is 16.5. The number of hydrogen-bond acceptors (Lipinski definition) is 4. The molecule has 1 rings (SSSR count). The van der Waals surface area contributed by atoms with Crippen LogP contribution in [0.25, 0.3) is 0 Å². The third-order valence-corrected chi connectivity index (χ3v) is 3.07. The third-order valence-electron chi connectivity index (χ3n) is 3.07. The van der Waals surface area contributed by atoms with Crippen LogP contribution in [0.15, 0.2) is 18.2 Å². The van der Waals surface area contributed by atoms with E-state index in [0.29, 0.717) is 6.54 Å². The summed E-state index contributed by atoms with van der Waals surface area (Å²) in [5, 5.41) is 0. The predicted molar refractivity (Wildman–Crippen MR) is 81.8 cm³/mol. The molecule has 0 aromatic heterocycles. The molecule has 0 amide bonds. The summed E-state index contributed by atoms with van der Waals surface area (Å²) < 4.78 is 10.6. The van der Waals surface area contributed by atoms with Crippen LogP contribution >= 0.6 is 0 Å². The van der Waals surface area contributed by atoms with Crippen molar-refractivity contribution in [2.24, 2.45) is 5.73 Å². The molecule has 4 nitrogen and oxygen atoms in total. The molecular formula is C16H24N2O2. The molecule has 0 aliphatic rings. The van der Waals surface area contributed by atoms with Crippen molar-refractivity contribution in [2.75, 3.05) is 40.5 Å². The van der Waals surface area contributed by atoms with Crippen molar-refractivity contribution in [3.63, 3.8) is 0 Å². The molecule has 0 aliphatic carbocycles. The van der Waals surface area contributed by atoms with Crippen molar-refractivity contribution >= 4 is 0 Å². The lowest BCUT2D eigenvalue weighted by molar-refractivity contribution is 0.147. The molecule has 0 heterocycles. The average Bonchev–Trinajstić information content (AvgIpc) is 2.49. The number of methoxy groups -OCH3 is 2. The van der Waals surface area contributed by atoms with Crippen LogP contribution in [0.4, 0.5) is 0 Å². The van der Waals surface area contributed by atoms with E-state index in [1.165, 1.54) is 0 Å². The van der Waals surface area contributed by atoms with E-state index in [1.54, 1.807) is 14.2 Å². The number of ether oxygens (including phenoxy) is 2. The molecule has 0 atom stereocenters. The molecule has 0 saturated heterocycles. The van der Waals surface area contributed by atoms with E-state index in [2.05, 4.69) is 29.7 Å². The summed E-state index contributed by atoms with van der Waals surface area (Å²) in [6.07, 6.45) is 0. The minimum absolute atomic E-state index is 0.371. The van der Waals surface area contributed by atoms with E-state index < -0.39 is 0 Å². The fourth-order valence-electron chi connectivity index (χ4n) is 1.94. The van der Waals surface area contributed by atoms with Gasteiger partial charge in [0.2, 0.25) is 0 Å². The van der Waals surface area contributed by atoms with E-state index in [-0.39, 0.29) is 0 Å². The lowest BCUT2D eigenvalue weighted by Crippen LogP contribution is -2.26. The number of likely N-dealkylation sites (N-methyl/N-ethyl adjacent to an activating group) is 1. The molecule has 0 bridgehead atoms. The van der Waals surface area contributed by atoms with E-state index in [9.17, 15) is 0 Å². The zero-order chi connectivity index (χ0) is 14.8. The second-order valence-electron chi connectivity index (χ2n) is 4.39. The number of hydrogen-bond donors (Lipinski definition) is 1. The van der Waals surface area contributed by atoms with Gasteiger partial charge in [0, 0.05) is 31.3 Å². The Labute approximate surface area is 121 Å².